The van der Waals surface area contributed by atoms with Gasteiger partial charge in [-0.05, 0) is 31.8 Å². The van der Waals surface area contributed by atoms with Crippen molar-refractivity contribution in [2.24, 2.45) is 5.92 Å². The van der Waals surface area contributed by atoms with Gasteiger partial charge >= 0.3 is 0 Å². The maximum atomic E-state index is 13.1. The molecular formula is C14H22FNO. The van der Waals surface area contributed by atoms with Crippen LogP contribution in [-0.2, 0) is 4.79 Å². The molecule has 1 aromatic rings. The molecule has 1 atom stereocenters. The van der Waals surface area contributed by atoms with E-state index < -0.39 is 0 Å². The van der Waals surface area contributed by atoms with Gasteiger partial charge in [0.15, 0.2) is 5.78 Å². The highest BCUT2D eigenvalue weighted by atomic mass is 19.1. The summed E-state index contributed by atoms with van der Waals surface area (Å²) >= 11 is 0. The Morgan fingerprint density at radius 2 is 1.88 bits per heavy atom. The van der Waals surface area contributed by atoms with Crippen molar-refractivity contribution in [1.29, 1.82) is 0 Å². The number of carbonyl (C=O) groups excluding carboxylic acids is 1. The molecule has 0 heterocycles. The molecule has 0 aliphatic carbocycles. The summed E-state index contributed by atoms with van der Waals surface area (Å²) in [6.45, 7) is 3.72. The number of ketones is 1. The summed E-state index contributed by atoms with van der Waals surface area (Å²) in [5.74, 6) is -0.257. The molecule has 0 amide bonds. The zero-order chi connectivity index (χ0) is 12.3. The van der Waals surface area contributed by atoms with E-state index >= 15 is 0 Å². The molecular weight excluding hydrogens is 217 g/mol. The van der Waals surface area contributed by atoms with Gasteiger partial charge in [-0.2, -0.15) is 0 Å². The van der Waals surface area contributed by atoms with Gasteiger partial charge < -0.3 is 0 Å². The number of carbonyl (C=O) groups is 1. The zero-order valence-electron chi connectivity index (χ0n) is 10.2. The third-order valence-electron chi connectivity index (χ3n) is 2.52. The normalized spacial score (nSPS) is 12.4. The van der Waals surface area contributed by atoms with Crippen molar-refractivity contribution in [3.63, 3.8) is 0 Å². The quantitative estimate of drug-likeness (QED) is 0.803. The SMILES string of the molecule is C.CC(C)C(=O)C(c1cccc(F)c1)N(C)C. The van der Waals surface area contributed by atoms with Crippen LogP contribution in [0.4, 0.5) is 4.39 Å². The fourth-order valence-electron chi connectivity index (χ4n) is 1.71. The topological polar surface area (TPSA) is 20.3 Å². The molecule has 0 aliphatic rings. The first-order valence-electron chi connectivity index (χ1n) is 5.39. The predicted octanol–water partition coefficient (Wildman–Crippen LogP) is 3.29. The van der Waals surface area contributed by atoms with E-state index in [2.05, 4.69) is 0 Å². The van der Waals surface area contributed by atoms with Gasteiger partial charge in [-0.3, -0.25) is 9.69 Å². The molecule has 1 aromatic carbocycles. The molecule has 17 heavy (non-hydrogen) atoms. The van der Waals surface area contributed by atoms with Crippen molar-refractivity contribution in [2.45, 2.75) is 27.3 Å². The summed E-state index contributed by atoms with van der Waals surface area (Å²) in [5, 5.41) is 0. The Kier molecular flexibility index (Phi) is 6.03. The van der Waals surface area contributed by atoms with E-state index in [1.807, 2.05) is 32.8 Å². The maximum absolute atomic E-state index is 13.1. The molecule has 3 heteroatoms. The maximum Gasteiger partial charge on any atom is 0.156 e. The Morgan fingerprint density at radius 3 is 2.29 bits per heavy atom. The van der Waals surface area contributed by atoms with Crippen LogP contribution in [0.15, 0.2) is 24.3 Å². The fraction of sp³-hybridized carbons (Fsp3) is 0.500. The standard InChI is InChI=1S/C13H18FNO.CH4/c1-9(2)13(16)12(15(3)4)10-6-5-7-11(14)8-10;/h5-9,12H,1-4H3;1H4. The first kappa shape index (κ1) is 15.8. The average molecular weight is 239 g/mol. The van der Waals surface area contributed by atoms with Crippen LogP contribution in [0.2, 0.25) is 0 Å². The van der Waals surface area contributed by atoms with Crippen LogP contribution in [0.1, 0.15) is 32.9 Å². The second-order valence-electron chi connectivity index (χ2n) is 4.48. The Morgan fingerprint density at radius 1 is 1.29 bits per heavy atom. The molecule has 0 bridgehead atoms. The van der Waals surface area contributed by atoms with Gasteiger partial charge in [0, 0.05) is 5.92 Å². The van der Waals surface area contributed by atoms with Crippen LogP contribution < -0.4 is 0 Å². The lowest BCUT2D eigenvalue weighted by Gasteiger charge is -2.25. The monoisotopic (exact) mass is 239 g/mol. The van der Waals surface area contributed by atoms with E-state index in [0.717, 1.165) is 0 Å². The van der Waals surface area contributed by atoms with E-state index in [0.29, 0.717) is 5.56 Å². The van der Waals surface area contributed by atoms with Crippen molar-refractivity contribution in [1.82, 2.24) is 4.90 Å². The molecule has 0 radical (unpaired) electrons. The van der Waals surface area contributed by atoms with Gasteiger partial charge in [0.2, 0.25) is 0 Å². The summed E-state index contributed by atoms with van der Waals surface area (Å²) in [4.78, 5) is 13.8. The Bertz CT molecular complexity index is 374. The Labute approximate surface area is 103 Å². The predicted molar refractivity (Wildman–Crippen MR) is 69.4 cm³/mol. The van der Waals surface area contributed by atoms with Gasteiger partial charge in [-0.15, -0.1) is 0 Å². The van der Waals surface area contributed by atoms with Crippen molar-refractivity contribution in [3.8, 4) is 0 Å². The molecule has 0 spiro atoms. The summed E-state index contributed by atoms with van der Waals surface area (Å²) in [7, 11) is 3.66. The third-order valence-corrected chi connectivity index (χ3v) is 2.52. The number of likely N-dealkylation sites (N-methyl/N-ethyl adjacent to an activating group) is 1. The van der Waals surface area contributed by atoms with Crippen LogP contribution in [0.25, 0.3) is 0 Å². The molecule has 0 saturated heterocycles. The van der Waals surface area contributed by atoms with E-state index in [9.17, 15) is 9.18 Å². The molecule has 2 nitrogen and oxygen atoms in total. The van der Waals surface area contributed by atoms with Crippen molar-refractivity contribution < 1.29 is 9.18 Å². The molecule has 1 unspecified atom stereocenters. The van der Waals surface area contributed by atoms with Gasteiger partial charge in [0.25, 0.3) is 0 Å². The molecule has 96 valence electrons. The number of hydrogen-bond acceptors (Lipinski definition) is 2. The molecule has 1 rings (SSSR count). The second-order valence-corrected chi connectivity index (χ2v) is 4.48. The number of rotatable bonds is 4. The van der Waals surface area contributed by atoms with E-state index in [1.54, 1.807) is 12.1 Å². The second kappa shape index (κ2) is 6.50. The summed E-state index contributed by atoms with van der Waals surface area (Å²) in [6, 6.07) is 5.86. The highest BCUT2D eigenvalue weighted by Gasteiger charge is 2.25. The number of hydrogen-bond donors (Lipinski definition) is 0. The van der Waals surface area contributed by atoms with Crippen molar-refractivity contribution in [2.75, 3.05) is 14.1 Å². The van der Waals surface area contributed by atoms with E-state index in [4.69, 9.17) is 0 Å². The zero-order valence-corrected chi connectivity index (χ0v) is 10.2. The van der Waals surface area contributed by atoms with E-state index in [-0.39, 0.29) is 31.0 Å². The van der Waals surface area contributed by atoms with Crippen LogP contribution >= 0.6 is 0 Å². The summed E-state index contributed by atoms with van der Waals surface area (Å²) in [6.07, 6.45) is 0. The van der Waals surface area contributed by atoms with Crippen LogP contribution in [0.5, 0.6) is 0 Å². The fourth-order valence-corrected chi connectivity index (χ4v) is 1.71. The third kappa shape index (κ3) is 3.93. The van der Waals surface area contributed by atoms with Crippen LogP contribution in [-0.4, -0.2) is 24.8 Å². The highest BCUT2D eigenvalue weighted by molar-refractivity contribution is 5.86. The lowest BCUT2D eigenvalue weighted by molar-refractivity contribution is -0.126. The number of halogens is 1. The lowest BCUT2D eigenvalue weighted by Crippen LogP contribution is -2.30. The van der Waals surface area contributed by atoms with Crippen molar-refractivity contribution in [3.05, 3.63) is 35.6 Å². The van der Waals surface area contributed by atoms with Crippen LogP contribution in [0.3, 0.4) is 0 Å². The Hall–Kier alpha value is -1.22. The lowest BCUT2D eigenvalue weighted by atomic mass is 9.94. The molecule has 0 aliphatic heterocycles. The molecule has 0 N–H and O–H groups in total. The number of nitrogens with zero attached hydrogens (tertiary/aromatic N) is 1. The molecule has 0 fully saturated rings. The Balaban J connectivity index is 0.00000256. The summed E-state index contributed by atoms with van der Waals surface area (Å²) < 4.78 is 13.1. The smallest absolute Gasteiger partial charge is 0.156 e. The minimum absolute atomic E-state index is 0. The molecule has 0 saturated carbocycles. The minimum atomic E-state index is -0.365. The van der Waals surface area contributed by atoms with Gasteiger partial charge in [-0.1, -0.05) is 33.4 Å². The van der Waals surface area contributed by atoms with E-state index in [1.165, 1.54) is 12.1 Å². The first-order valence-corrected chi connectivity index (χ1v) is 5.39. The van der Waals surface area contributed by atoms with Crippen LogP contribution in [0, 0.1) is 11.7 Å². The molecule has 0 aromatic heterocycles. The number of benzene rings is 1. The number of Topliss-reactive ketones (excluding diaryl/α,β-unsaturated/α-hetero) is 1. The minimum Gasteiger partial charge on any atom is -0.297 e. The van der Waals surface area contributed by atoms with Crippen molar-refractivity contribution >= 4 is 5.78 Å². The largest absolute Gasteiger partial charge is 0.297 e. The van der Waals surface area contributed by atoms with Gasteiger partial charge in [-0.25, -0.2) is 4.39 Å². The summed E-state index contributed by atoms with van der Waals surface area (Å²) in [5.41, 5.74) is 0.712. The highest BCUT2D eigenvalue weighted by Crippen LogP contribution is 2.23. The first-order chi connectivity index (χ1) is 7.43. The average Bonchev–Trinajstić information content (AvgIpc) is 2.17. The van der Waals surface area contributed by atoms with Gasteiger partial charge in [0.1, 0.15) is 5.82 Å². The van der Waals surface area contributed by atoms with Gasteiger partial charge in [0.05, 0.1) is 6.04 Å².